The van der Waals surface area contributed by atoms with E-state index in [4.69, 9.17) is 0 Å². The van der Waals surface area contributed by atoms with Crippen molar-refractivity contribution in [1.29, 1.82) is 0 Å². The van der Waals surface area contributed by atoms with Crippen molar-refractivity contribution in [1.82, 2.24) is 5.32 Å². The van der Waals surface area contributed by atoms with Crippen LogP contribution in [0.4, 0.5) is 0 Å². The van der Waals surface area contributed by atoms with E-state index in [9.17, 15) is 5.11 Å². The number of hydrogen-bond acceptors (Lipinski definition) is 3. The van der Waals surface area contributed by atoms with Crippen LogP contribution >= 0.6 is 11.8 Å². The maximum atomic E-state index is 10.5. The second kappa shape index (κ2) is 6.29. The van der Waals surface area contributed by atoms with Crippen LogP contribution in [0, 0.1) is 13.8 Å². The average molecular weight is 279 g/mol. The predicted molar refractivity (Wildman–Crippen MR) is 83.8 cm³/mol. The van der Waals surface area contributed by atoms with Gasteiger partial charge >= 0.3 is 0 Å². The van der Waals surface area contributed by atoms with Crippen molar-refractivity contribution >= 4 is 11.8 Å². The van der Waals surface area contributed by atoms with E-state index in [0.717, 1.165) is 24.3 Å². The molecule has 0 aliphatic carbocycles. The van der Waals surface area contributed by atoms with Crippen LogP contribution in [0.5, 0.6) is 0 Å². The monoisotopic (exact) mass is 279 g/mol. The van der Waals surface area contributed by atoms with Gasteiger partial charge in [0.05, 0.1) is 5.60 Å². The second-order valence-electron chi connectivity index (χ2n) is 5.78. The lowest BCUT2D eigenvalue weighted by atomic mass is 9.95. The first-order chi connectivity index (χ1) is 9.00. The molecule has 1 atom stereocenters. The van der Waals surface area contributed by atoms with Crippen LogP contribution < -0.4 is 5.32 Å². The number of benzene rings is 1. The van der Waals surface area contributed by atoms with Gasteiger partial charge in [-0.3, -0.25) is 0 Å². The highest BCUT2D eigenvalue weighted by molar-refractivity contribution is 7.99. The van der Waals surface area contributed by atoms with Crippen LogP contribution in [-0.2, 0) is 0 Å². The van der Waals surface area contributed by atoms with Gasteiger partial charge in [-0.25, -0.2) is 0 Å². The van der Waals surface area contributed by atoms with E-state index < -0.39 is 5.60 Å². The van der Waals surface area contributed by atoms with E-state index in [-0.39, 0.29) is 6.04 Å². The van der Waals surface area contributed by atoms with Gasteiger partial charge in [-0.05, 0) is 61.8 Å². The lowest BCUT2D eigenvalue weighted by molar-refractivity contribution is 0.0300. The lowest BCUT2D eigenvalue weighted by Gasteiger charge is -2.33. The van der Waals surface area contributed by atoms with Gasteiger partial charge in [-0.15, -0.1) is 0 Å². The first-order valence-corrected chi connectivity index (χ1v) is 8.26. The van der Waals surface area contributed by atoms with E-state index in [0.29, 0.717) is 6.54 Å². The smallest absolute Gasteiger partial charge is 0.0787 e. The quantitative estimate of drug-likeness (QED) is 0.887. The van der Waals surface area contributed by atoms with Gasteiger partial charge in [0.2, 0.25) is 0 Å². The van der Waals surface area contributed by atoms with E-state index >= 15 is 0 Å². The van der Waals surface area contributed by atoms with Crippen LogP contribution in [0.2, 0.25) is 0 Å². The van der Waals surface area contributed by atoms with E-state index in [1.54, 1.807) is 0 Å². The summed E-state index contributed by atoms with van der Waals surface area (Å²) in [6.45, 7) is 7.16. The Morgan fingerprint density at radius 2 is 1.95 bits per heavy atom. The Morgan fingerprint density at radius 3 is 2.58 bits per heavy atom. The van der Waals surface area contributed by atoms with Crippen molar-refractivity contribution < 1.29 is 5.11 Å². The number of hydrogen-bond donors (Lipinski definition) is 2. The molecule has 0 saturated carbocycles. The average Bonchev–Trinajstić information content (AvgIpc) is 2.40. The fourth-order valence-corrected chi connectivity index (χ4v) is 3.68. The van der Waals surface area contributed by atoms with E-state index in [2.05, 4.69) is 44.3 Å². The normalized spacial score (nSPS) is 20.2. The SMILES string of the molecule is Cc1ccc(C(C)NCC2(O)CCSCC2)cc1C. The predicted octanol–water partition coefficient (Wildman–Crippen LogP) is 3.21. The Balaban J connectivity index is 1.93. The third-order valence-electron chi connectivity index (χ3n) is 4.19. The first kappa shape index (κ1) is 14.9. The fourth-order valence-electron chi connectivity index (χ4n) is 2.42. The van der Waals surface area contributed by atoms with Crippen LogP contribution in [0.3, 0.4) is 0 Å². The molecule has 1 aromatic rings. The Morgan fingerprint density at radius 1 is 1.26 bits per heavy atom. The summed E-state index contributed by atoms with van der Waals surface area (Å²) in [4.78, 5) is 0. The summed E-state index contributed by atoms with van der Waals surface area (Å²) in [7, 11) is 0. The highest BCUT2D eigenvalue weighted by Crippen LogP contribution is 2.27. The van der Waals surface area contributed by atoms with Crippen molar-refractivity contribution in [3.63, 3.8) is 0 Å². The summed E-state index contributed by atoms with van der Waals surface area (Å²) in [5.74, 6) is 2.16. The number of thioether (sulfide) groups is 1. The number of nitrogens with one attached hydrogen (secondary N) is 1. The molecule has 1 aromatic carbocycles. The number of aryl methyl sites for hydroxylation is 2. The third kappa shape index (κ3) is 3.98. The van der Waals surface area contributed by atoms with Crippen molar-refractivity contribution in [2.75, 3.05) is 18.1 Å². The zero-order valence-corrected chi connectivity index (χ0v) is 13.0. The summed E-state index contributed by atoms with van der Waals surface area (Å²) < 4.78 is 0. The van der Waals surface area contributed by atoms with Gasteiger partial charge < -0.3 is 10.4 Å². The molecule has 2 rings (SSSR count). The molecule has 106 valence electrons. The highest BCUT2D eigenvalue weighted by atomic mass is 32.2. The van der Waals surface area contributed by atoms with Crippen LogP contribution in [0.25, 0.3) is 0 Å². The summed E-state index contributed by atoms with van der Waals surface area (Å²) in [6.07, 6.45) is 1.81. The molecule has 19 heavy (non-hydrogen) atoms. The van der Waals surface area contributed by atoms with Crippen LogP contribution in [0.1, 0.15) is 42.5 Å². The lowest BCUT2D eigenvalue weighted by Crippen LogP contribution is -2.44. The maximum Gasteiger partial charge on any atom is 0.0787 e. The van der Waals surface area contributed by atoms with Crippen LogP contribution in [0.15, 0.2) is 18.2 Å². The molecule has 0 bridgehead atoms. The third-order valence-corrected chi connectivity index (χ3v) is 5.18. The molecule has 1 aliphatic rings. The molecule has 2 N–H and O–H groups in total. The molecular weight excluding hydrogens is 254 g/mol. The molecule has 1 unspecified atom stereocenters. The molecule has 0 aromatic heterocycles. The minimum atomic E-state index is -0.501. The Hall–Kier alpha value is -0.510. The molecule has 0 spiro atoms. The van der Waals surface area contributed by atoms with Gasteiger partial charge in [-0.2, -0.15) is 11.8 Å². The van der Waals surface area contributed by atoms with Crippen molar-refractivity contribution in [2.24, 2.45) is 0 Å². The molecule has 1 fully saturated rings. The second-order valence-corrected chi connectivity index (χ2v) is 7.01. The van der Waals surface area contributed by atoms with Gasteiger partial charge in [0, 0.05) is 12.6 Å². The zero-order chi connectivity index (χ0) is 13.9. The van der Waals surface area contributed by atoms with Crippen molar-refractivity contribution in [2.45, 2.75) is 45.3 Å². The number of aliphatic hydroxyl groups is 1. The Kier molecular flexibility index (Phi) is 4.93. The minimum Gasteiger partial charge on any atom is -0.389 e. The topological polar surface area (TPSA) is 32.3 Å². The van der Waals surface area contributed by atoms with Gasteiger partial charge in [0.1, 0.15) is 0 Å². The molecule has 0 radical (unpaired) electrons. The molecule has 1 saturated heterocycles. The van der Waals surface area contributed by atoms with Crippen molar-refractivity contribution in [3.05, 3.63) is 34.9 Å². The molecule has 3 heteroatoms. The van der Waals surface area contributed by atoms with E-state index in [1.807, 2.05) is 11.8 Å². The maximum absolute atomic E-state index is 10.5. The van der Waals surface area contributed by atoms with Gasteiger partial charge in [0.25, 0.3) is 0 Å². The number of rotatable bonds is 4. The standard InChI is InChI=1S/C16H25NOS/c1-12-4-5-15(10-13(12)2)14(3)17-11-16(18)6-8-19-9-7-16/h4-5,10,14,17-18H,6-9,11H2,1-3H3. The molecular formula is C16H25NOS. The molecule has 1 aliphatic heterocycles. The Labute approximate surface area is 121 Å². The minimum absolute atomic E-state index is 0.290. The summed E-state index contributed by atoms with van der Waals surface area (Å²) in [6, 6.07) is 6.89. The fraction of sp³-hybridized carbons (Fsp3) is 0.625. The Bertz CT molecular complexity index is 427. The summed E-state index contributed by atoms with van der Waals surface area (Å²) in [5, 5.41) is 14.0. The highest BCUT2D eigenvalue weighted by Gasteiger charge is 2.29. The molecule has 0 amide bonds. The summed E-state index contributed by atoms with van der Waals surface area (Å²) >= 11 is 1.94. The summed E-state index contributed by atoms with van der Waals surface area (Å²) in [5.41, 5.74) is 3.47. The largest absolute Gasteiger partial charge is 0.389 e. The van der Waals surface area contributed by atoms with Crippen LogP contribution in [-0.4, -0.2) is 28.8 Å². The molecule has 1 heterocycles. The zero-order valence-electron chi connectivity index (χ0n) is 12.2. The van der Waals surface area contributed by atoms with Gasteiger partial charge in [0.15, 0.2) is 0 Å². The molecule has 2 nitrogen and oxygen atoms in total. The van der Waals surface area contributed by atoms with Crippen molar-refractivity contribution in [3.8, 4) is 0 Å². The first-order valence-electron chi connectivity index (χ1n) is 7.11. The van der Waals surface area contributed by atoms with Gasteiger partial charge in [-0.1, -0.05) is 18.2 Å². The van der Waals surface area contributed by atoms with E-state index in [1.165, 1.54) is 16.7 Å².